The van der Waals surface area contributed by atoms with Gasteiger partial charge in [0, 0.05) is 42.3 Å². The summed E-state index contributed by atoms with van der Waals surface area (Å²) < 4.78 is 25.2. The van der Waals surface area contributed by atoms with Crippen molar-refractivity contribution in [3.05, 3.63) is 48.4 Å². The van der Waals surface area contributed by atoms with Gasteiger partial charge in [0.1, 0.15) is 5.82 Å². The summed E-state index contributed by atoms with van der Waals surface area (Å²) in [6.45, 7) is 3.45. The maximum atomic E-state index is 11.8. The van der Waals surface area contributed by atoms with Gasteiger partial charge in [0.15, 0.2) is 22.8 Å². The molecule has 0 bridgehead atoms. The lowest BCUT2D eigenvalue weighted by atomic mass is 9.72. The molecule has 0 spiro atoms. The molecule has 0 saturated carbocycles. The van der Waals surface area contributed by atoms with Gasteiger partial charge in [-0.15, -0.1) is 0 Å². The predicted molar refractivity (Wildman–Crippen MR) is 123 cm³/mol. The average molecular weight is 433 g/mol. The molecule has 2 N–H and O–H groups in total. The molecule has 4 heterocycles. The maximum Gasteiger partial charge on any atom is 0.165 e. The summed E-state index contributed by atoms with van der Waals surface area (Å²) in [7, 11) is -1.01. The Bertz CT molecular complexity index is 1390. The van der Waals surface area contributed by atoms with E-state index in [1.165, 1.54) is 0 Å². The third-order valence-electron chi connectivity index (χ3n) is 5.80. The van der Waals surface area contributed by atoms with Crippen molar-refractivity contribution >= 4 is 44.9 Å². The van der Waals surface area contributed by atoms with Crippen LogP contribution in [0.5, 0.6) is 0 Å². The molecule has 0 atom stereocenters. The van der Waals surface area contributed by atoms with Crippen LogP contribution < -0.4 is 11.2 Å². The highest BCUT2D eigenvalue weighted by Crippen LogP contribution is 2.27. The van der Waals surface area contributed by atoms with Gasteiger partial charge in [0.25, 0.3) is 0 Å². The Balaban J connectivity index is 1.58. The Hall–Kier alpha value is -2.98. The van der Waals surface area contributed by atoms with Crippen molar-refractivity contribution in [2.75, 3.05) is 30.3 Å². The van der Waals surface area contributed by atoms with E-state index in [9.17, 15) is 8.42 Å². The monoisotopic (exact) mass is 433 g/mol. The van der Waals surface area contributed by atoms with E-state index in [4.69, 9.17) is 10.7 Å². The summed E-state index contributed by atoms with van der Waals surface area (Å²) in [5.41, 5.74) is 11.5. The molecule has 1 saturated heterocycles. The summed E-state index contributed by atoms with van der Waals surface area (Å²) in [5, 5.41) is 5.52. The second-order valence-corrected chi connectivity index (χ2v) is 10.1. The smallest absolute Gasteiger partial charge is 0.165 e. The fourth-order valence-electron chi connectivity index (χ4n) is 4.05. The van der Waals surface area contributed by atoms with E-state index in [-0.39, 0.29) is 11.5 Å². The molecular weight excluding hydrogens is 411 g/mol. The molecule has 8 nitrogen and oxygen atoms in total. The van der Waals surface area contributed by atoms with Gasteiger partial charge in [-0.3, -0.25) is 9.88 Å². The molecule has 0 unspecified atom stereocenters. The predicted octanol–water partition coefficient (Wildman–Crippen LogP) is 1.13. The molecule has 4 aromatic rings. The quantitative estimate of drug-likeness (QED) is 0.481. The third-order valence-corrected chi connectivity index (χ3v) is 7.41. The minimum atomic E-state index is -2.93. The number of aromatic nitrogens is 4. The van der Waals surface area contributed by atoms with Crippen LogP contribution in [0, 0.1) is 0 Å². The van der Waals surface area contributed by atoms with Crippen molar-refractivity contribution in [3.8, 4) is 11.1 Å². The second kappa shape index (κ2) is 7.62. The Kier molecular flexibility index (Phi) is 4.90. The minimum Gasteiger partial charge on any atom is -0.384 e. The van der Waals surface area contributed by atoms with E-state index >= 15 is 0 Å². The zero-order chi connectivity index (χ0) is 21.6. The van der Waals surface area contributed by atoms with Crippen LogP contribution in [0.25, 0.3) is 27.7 Å². The van der Waals surface area contributed by atoms with E-state index < -0.39 is 9.84 Å². The van der Waals surface area contributed by atoms with Gasteiger partial charge in [-0.05, 0) is 17.6 Å². The van der Waals surface area contributed by atoms with Crippen LogP contribution >= 0.6 is 0 Å². The van der Waals surface area contributed by atoms with Crippen LogP contribution in [-0.2, 0) is 16.4 Å². The normalized spacial score (nSPS) is 16.7. The first-order valence-corrected chi connectivity index (χ1v) is 12.0. The van der Waals surface area contributed by atoms with Crippen molar-refractivity contribution in [1.29, 1.82) is 0 Å². The lowest BCUT2D eigenvalue weighted by Gasteiger charge is -2.27. The van der Waals surface area contributed by atoms with Crippen molar-refractivity contribution in [1.82, 2.24) is 24.5 Å². The fourth-order valence-corrected chi connectivity index (χ4v) is 5.33. The number of rotatable bonds is 4. The van der Waals surface area contributed by atoms with Gasteiger partial charge in [-0.2, -0.15) is 9.61 Å². The number of anilines is 1. The summed E-state index contributed by atoms with van der Waals surface area (Å²) in [6, 6.07) is 10.0. The van der Waals surface area contributed by atoms with Crippen molar-refractivity contribution < 1.29 is 8.42 Å². The highest BCUT2D eigenvalue weighted by Gasteiger charge is 2.24. The first-order chi connectivity index (χ1) is 14.9. The van der Waals surface area contributed by atoms with Crippen LogP contribution in [-0.4, -0.2) is 64.8 Å². The first kappa shape index (κ1) is 20.0. The largest absolute Gasteiger partial charge is 0.384 e. The van der Waals surface area contributed by atoms with Crippen LogP contribution in [0.3, 0.4) is 0 Å². The van der Waals surface area contributed by atoms with Gasteiger partial charge in [0.2, 0.25) is 0 Å². The summed E-state index contributed by atoms with van der Waals surface area (Å²) in [6.07, 6.45) is 3.59. The van der Waals surface area contributed by atoms with Crippen LogP contribution in [0.2, 0.25) is 6.82 Å². The molecule has 10 heteroatoms. The third kappa shape index (κ3) is 3.66. The SMILES string of the molecule is C[B]c1c(CN2CCS(=O)(=O)CC2)nc2c(-c3cnc4ccccc4c3)cnn2c1N. The lowest BCUT2D eigenvalue weighted by Crippen LogP contribution is -2.41. The molecule has 0 aliphatic carbocycles. The zero-order valence-corrected chi connectivity index (χ0v) is 18.0. The van der Waals surface area contributed by atoms with Crippen LogP contribution in [0.1, 0.15) is 5.69 Å². The Morgan fingerprint density at radius 2 is 1.94 bits per heavy atom. The highest BCUT2D eigenvalue weighted by atomic mass is 32.2. The Morgan fingerprint density at radius 3 is 2.71 bits per heavy atom. The molecule has 157 valence electrons. The maximum absolute atomic E-state index is 11.8. The number of pyridine rings is 1. The number of benzene rings is 1. The van der Waals surface area contributed by atoms with Crippen molar-refractivity contribution in [2.24, 2.45) is 0 Å². The van der Waals surface area contributed by atoms with Crippen molar-refractivity contribution in [2.45, 2.75) is 13.4 Å². The number of hydrogen-bond acceptors (Lipinski definition) is 7. The standard InChI is InChI=1S/C21H22BN6O2S/c1-22-19-18(13-27-6-8-31(29,30)9-7-27)26-21-16(12-25-28(21)20(19)23)15-10-14-4-2-3-5-17(14)24-11-15/h2-5,10-12H,6-9,13,23H2,1H3. The van der Waals surface area contributed by atoms with Gasteiger partial charge in [0.05, 0.1) is 28.9 Å². The Morgan fingerprint density at radius 1 is 1.16 bits per heavy atom. The number of fused-ring (bicyclic) bond motifs is 2. The molecular formula is C21H22BN6O2S. The number of sulfone groups is 1. The lowest BCUT2D eigenvalue weighted by molar-refractivity contribution is 0.285. The van der Waals surface area contributed by atoms with E-state index in [0.29, 0.717) is 31.1 Å². The molecule has 3 aromatic heterocycles. The van der Waals surface area contributed by atoms with E-state index in [1.54, 1.807) is 10.7 Å². The molecule has 5 rings (SSSR count). The van der Waals surface area contributed by atoms with Gasteiger partial charge < -0.3 is 5.73 Å². The average Bonchev–Trinajstić information content (AvgIpc) is 3.19. The first-order valence-electron chi connectivity index (χ1n) is 10.2. The molecule has 1 aromatic carbocycles. The second-order valence-electron chi connectivity index (χ2n) is 7.78. The molecule has 0 amide bonds. The van der Waals surface area contributed by atoms with Gasteiger partial charge in [-0.25, -0.2) is 13.4 Å². The number of nitrogens with two attached hydrogens (primary N) is 1. The van der Waals surface area contributed by atoms with E-state index in [0.717, 1.165) is 33.2 Å². The number of nitrogens with zero attached hydrogens (tertiary/aromatic N) is 5. The van der Waals surface area contributed by atoms with E-state index in [1.807, 2.05) is 44.6 Å². The number of hydrogen-bond donors (Lipinski definition) is 1. The fraction of sp³-hybridized carbons (Fsp3) is 0.286. The number of nitrogen functional groups attached to an aromatic ring is 1. The zero-order valence-electron chi connectivity index (χ0n) is 17.2. The Labute approximate surface area is 181 Å². The summed E-state index contributed by atoms with van der Waals surface area (Å²) >= 11 is 0. The minimum absolute atomic E-state index is 0.177. The molecule has 31 heavy (non-hydrogen) atoms. The van der Waals surface area contributed by atoms with Crippen molar-refractivity contribution in [3.63, 3.8) is 0 Å². The summed E-state index contributed by atoms with van der Waals surface area (Å²) in [4.78, 5) is 11.6. The van der Waals surface area contributed by atoms with Gasteiger partial charge >= 0.3 is 0 Å². The van der Waals surface area contributed by atoms with E-state index in [2.05, 4.69) is 21.0 Å². The van der Waals surface area contributed by atoms with Gasteiger partial charge in [-0.1, -0.05) is 25.0 Å². The summed E-state index contributed by atoms with van der Waals surface area (Å²) in [5.74, 6) is 0.875. The van der Waals surface area contributed by atoms with Crippen LogP contribution in [0.15, 0.2) is 42.7 Å². The topological polar surface area (TPSA) is 106 Å². The molecule has 1 fully saturated rings. The van der Waals surface area contributed by atoms with Crippen LogP contribution in [0.4, 0.5) is 5.82 Å². The number of para-hydroxylation sites is 1. The molecule has 1 aliphatic rings. The highest BCUT2D eigenvalue weighted by molar-refractivity contribution is 7.91. The molecule has 1 aliphatic heterocycles. The molecule has 1 radical (unpaired) electrons.